The maximum Gasteiger partial charge on any atom is 0.290 e. The van der Waals surface area contributed by atoms with E-state index in [-0.39, 0.29) is 21.8 Å². The van der Waals surface area contributed by atoms with Gasteiger partial charge < -0.3 is 0 Å². The molecule has 0 atom stereocenters. The summed E-state index contributed by atoms with van der Waals surface area (Å²) in [7, 11) is 0. The Morgan fingerprint density at radius 3 is 2.50 bits per heavy atom. The molecular weight excluding hydrogens is 472 g/mol. The van der Waals surface area contributed by atoms with Crippen LogP contribution in [-0.4, -0.2) is 21.6 Å². The number of fused-ring (bicyclic) bond motifs is 1. The van der Waals surface area contributed by atoms with E-state index in [1.54, 1.807) is 42.5 Å². The smallest absolute Gasteiger partial charge is 0.267 e. The molecule has 30 heavy (non-hydrogen) atoms. The molecule has 7 nitrogen and oxygen atoms in total. The lowest BCUT2D eigenvalue weighted by Gasteiger charge is -2.12. The minimum absolute atomic E-state index is 0.0577. The largest absolute Gasteiger partial charge is 0.290 e. The molecule has 0 fully saturated rings. The Morgan fingerprint density at radius 1 is 1.07 bits per heavy atom. The lowest BCUT2D eigenvalue weighted by atomic mass is 10.1. The van der Waals surface area contributed by atoms with E-state index in [0.717, 1.165) is 19.3 Å². The summed E-state index contributed by atoms with van der Waals surface area (Å²) < 4.78 is 1.98. The van der Waals surface area contributed by atoms with Crippen LogP contribution in [0.5, 0.6) is 0 Å². The first-order valence-electron chi connectivity index (χ1n) is 9.48. The molecule has 1 aromatic heterocycles. The molecule has 0 aliphatic carbocycles. The van der Waals surface area contributed by atoms with Crippen molar-refractivity contribution in [2.24, 2.45) is 0 Å². The summed E-state index contributed by atoms with van der Waals surface area (Å²) in [5.74, 6) is -1.20. The number of amides is 2. The quantitative estimate of drug-likeness (QED) is 0.401. The maximum absolute atomic E-state index is 12.8. The number of hydrogen-bond acceptors (Lipinski definition) is 4. The highest BCUT2D eigenvalue weighted by atomic mass is 79.9. The van der Waals surface area contributed by atoms with Crippen LogP contribution >= 0.6 is 27.5 Å². The van der Waals surface area contributed by atoms with Gasteiger partial charge in [0.25, 0.3) is 17.4 Å². The van der Waals surface area contributed by atoms with Crippen molar-refractivity contribution in [2.45, 2.75) is 32.7 Å². The molecule has 1 heterocycles. The van der Waals surface area contributed by atoms with Crippen molar-refractivity contribution in [3.8, 4) is 0 Å². The Labute approximate surface area is 186 Å². The number of nitrogens with one attached hydrogen (secondary N) is 2. The molecule has 2 amide bonds. The van der Waals surface area contributed by atoms with Crippen molar-refractivity contribution < 1.29 is 9.59 Å². The molecule has 0 spiro atoms. The zero-order valence-electron chi connectivity index (χ0n) is 16.2. The van der Waals surface area contributed by atoms with Gasteiger partial charge in [-0.1, -0.05) is 65.5 Å². The number of unbranched alkanes of at least 4 members (excludes halogenated alkanes) is 2. The first-order chi connectivity index (χ1) is 14.4. The number of rotatable bonds is 6. The van der Waals surface area contributed by atoms with Crippen LogP contribution in [-0.2, 0) is 6.54 Å². The second kappa shape index (κ2) is 9.86. The minimum atomic E-state index is -0.630. The SMILES string of the molecule is CCCCCn1nc(C(=O)NNC(=O)c2cc(Br)ccc2Cl)c2ccccc2c1=O. The Balaban J connectivity index is 1.86. The Morgan fingerprint density at radius 2 is 1.77 bits per heavy atom. The van der Waals surface area contributed by atoms with Crippen molar-refractivity contribution in [3.63, 3.8) is 0 Å². The highest BCUT2D eigenvalue weighted by molar-refractivity contribution is 9.10. The van der Waals surface area contributed by atoms with E-state index in [0.29, 0.717) is 21.8 Å². The van der Waals surface area contributed by atoms with Crippen LogP contribution in [0.3, 0.4) is 0 Å². The zero-order valence-corrected chi connectivity index (χ0v) is 18.6. The van der Waals surface area contributed by atoms with Gasteiger partial charge in [-0.25, -0.2) is 4.68 Å². The summed E-state index contributed by atoms with van der Waals surface area (Å²) in [5, 5.41) is 5.33. The van der Waals surface area contributed by atoms with Gasteiger partial charge in [-0.2, -0.15) is 5.10 Å². The van der Waals surface area contributed by atoms with E-state index in [1.807, 2.05) is 0 Å². The molecule has 0 aliphatic rings. The predicted molar refractivity (Wildman–Crippen MR) is 120 cm³/mol. The number of benzene rings is 2. The highest BCUT2D eigenvalue weighted by Crippen LogP contribution is 2.20. The fraction of sp³-hybridized carbons (Fsp3) is 0.238. The fourth-order valence-electron chi connectivity index (χ4n) is 2.98. The average molecular weight is 492 g/mol. The Kier molecular flexibility index (Phi) is 7.23. The normalized spacial score (nSPS) is 10.8. The highest BCUT2D eigenvalue weighted by Gasteiger charge is 2.18. The predicted octanol–water partition coefficient (Wildman–Crippen LogP) is 4.08. The second-order valence-electron chi connectivity index (χ2n) is 6.66. The zero-order chi connectivity index (χ0) is 21.7. The van der Waals surface area contributed by atoms with Crippen LogP contribution in [0.2, 0.25) is 5.02 Å². The van der Waals surface area contributed by atoms with Gasteiger partial charge in [0.15, 0.2) is 5.69 Å². The molecule has 2 aromatic carbocycles. The summed E-state index contributed by atoms with van der Waals surface area (Å²) in [6, 6.07) is 11.6. The van der Waals surface area contributed by atoms with Crippen LogP contribution < -0.4 is 16.4 Å². The van der Waals surface area contributed by atoms with Crippen molar-refractivity contribution >= 4 is 50.1 Å². The van der Waals surface area contributed by atoms with E-state index in [9.17, 15) is 14.4 Å². The van der Waals surface area contributed by atoms with Crippen LogP contribution in [0.4, 0.5) is 0 Å². The van der Waals surface area contributed by atoms with E-state index in [2.05, 4.69) is 38.8 Å². The molecule has 3 aromatic rings. The van der Waals surface area contributed by atoms with Gasteiger partial charge >= 0.3 is 0 Å². The van der Waals surface area contributed by atoms with Gasteiger partial charge in [-0.3, -0.25) is 25.2 Å². The third-order valence-electron chi connectivity index (χ3n) is 4.52. The number of aryl methyl sites for hydroxylation is 1. The second-order valence-corrected chi connectivity index (χ2v) is 7.98. The molecule has 0 saturated carbocycles. The number of hydrazine groups is 1. The number of carbonyl (C=O) groups excluding carboxylic acids is 2. The molecule has 2 N–H and O–H groups in total. The lowest BCUT2D eigenvalue weighted by molar-refractivity contribution is 0.0843. The van der Waals surface area contributed by atoms with Crippen LogP contribution in [0.15, 0.2) is 51.7 Å². The number of halogens is 2. The minimum Gasteiger partial charge on any atom is -0.267 e. The molecule has 9 heteroatoms. The standard InChI is InChI=1S/C21H20BrClN4O3/c1-2-3-6-11-27-21(30)15-8-5-4-7-14(15)18(26-27)20(29)25-24-19(28)16-12-13(22)9-10-17(16)23/h4-5,7-10,12H,2-3,6,11H2,1H3,(H,24,28)(H,25,29). The number of aromatic nitrogens is 2. The monoisotopic (exact) mass is 490 g/mol. The van der Waals surface area contributed by atoms with Crippen LogP contribution in [0, 0.1) is 0 Å². The molecule has 3 rings (SSSR count). The lowest BCUT2D eigenvalue weighted by Crippen LogP contribution is -2.43. The number of hydrogen-bond donors (Lipinski definition) is 2. The molecule has 0 aliphatic heterocycles. The number of nitrogens with zero attached hydrogens (tertiary/aromatic N) is 2. The average Bonchev–Trinajstić information content (AvgIpc) is 2.75. The van der Waals surface area contributed by atoms with Crippen molar-refractivity contribution in [1.82, 2.24) is 20.6 Å². The van der Waals surface area contributed by atoms with Gasteiger partial charge in [0, 0.05) is 16.4 Å². The van der Waals surface area contributed by atoms with Gasteiger partial charge in [-0.05, 0) is 30.7 Å². The van der Waals surface area contributed by atoms with Gasteiger partial charge in [0.05, 0.1) is 16.0 Å². The van der Waals surface area contributed by atoms with Crippen LogP contribution in [0.1, 0.15) is 47.0 Å². The van der Waals surface area contributed by atoms with E-state index in [4.69, 9.17) is 11.6 Å². The topological polar surface area (TPSA) is 93.1 Å². The molecule has 0 saturated heterocycles. The molecular formula is C21H20BrClN4O3. The van der Waals surface area contributed by atoms with Crippen molar-refractivity contribution in [2.75, 3.05) is 0 Å². The Hall–Kier alpha value is -2.71. The maximum atomic E-state index is 12.8. The summed E-state index contributed by atoms with van der Waals surface area (Å²) in [5.41, 5.74) is 4.72. The van der Waals surface area contributed by atoms with Gasteiger partial charge in [0.1, 0.15) is 0 Å². The van der Waals surface area contributed by atoms with Crippen LogP contribution in [0.25, 0.3) is 10.8 Å². The van der Waals surface area contributed by atoms with Gasteiger partial charge in [0.2, 0.25) is 0 Å². The third kappa shape index (κ3) is 4.88. The fourth-order valence-corrected chi connectivity index (χ4v) is 3.54. The summed E-state index contributed by atoms with van der Waals surface area (Å²) in [6.45, 7) is 2.48. The molecule has 156 valence electrons. The van der Waals surface area contributed by atoms with E-state index >= 15 is 0 Å². The first kappa shape index (κ1) is 22.0. The summed E-state index contributed by atoms with van der Waals surface area (Å²) in [6.07, 6.45) is 2.73. The van der Waals surface area contributed by atoms with Crippen molar-refractivity contribution in [1.29, 1.82) is 0 Å². The van der Waals surface area contributed by atoms with E-state index in [1.165, 1.54) is 4.68 Å². The molecule has 0 bridgehead atoms. The molecule has 0 radical (unpaired) electrons. The summed E-state index contributed by atoms with van der Waals surface area (Å²) in [4.78, 5) is 37.9. The molecule has 0 unspecified atom stereocenters. The third-order valence-corrected chi connectivity index (χ3v) is 5.34. The Bertz CT molecular complexity index is 1160. The van der Waals surface area contributed by atoms with E-state index < -0.39 is 11.8 Å². The first-order valence-corrected chi connectivity index (χ1v) is 10.6. The van der Waals surface area contributed by atoms with Crippen molar-refractivity contribution in [3.05, 3.63) is 73.6 Å². The summed E-state index contributed by atoms with van der Waals surface area (Å²) >= 11 is 9.34. The van der Waals surface area contributed by atoms with Gasteiger partial charge in [-0.15, -0.1) is 0 Å². The number of carbonyl (C=O) groups is 2.